The van der Waals surface area contributed by atoms with Gasteiger partial charge in [0.25, 0.3) is 0 Å². The van der Waals surface area contributed by atoms with Crippen molar-refractivity contribution in [3.05, 3.63) is 0 Å². The van der Waals surface area contributed by atoms with Gasteiger partial charge in [0, 0.05) is 5.54 Å². The largest absolute Gasteiger partial charge is 0.373 e. The number of hydrogen-bond acceptors (Lipinski definition) is 3. The molecule has 0 aromatic carbocycles. The Labute approximate surface area is 133 Å². The topological polar surface area (TPSA) is 30.5 Å². The summed E-state index contributed by atoms with van der Waals surface area (Å²) in [5.74, 6) is 1.36. The van der Waals surface area contributed by atoms with Crippen LogP contribution in [0.4, 0.5) is 0 Å². The number of ether oxygens (including phenoxy) is 1. The lowest BCUT2D eigenvalue weighted by molar-refractivity contribution is -0.0968. The summed E-state index contributed by atoms with van der Waals surface area (Å²) in [5, 5.41) is 0. The second kappa shape index (κ2) is 7.94. The first-order valence-corrected chi connectivity index (χ1v) is 8.30. The summed E-state index contributed by atoms with van der Waals surface area (Å²) < 4.78 is 6.04. The smallest absolute Gasteiger partial charge is 0.0916 e. The van der Waals surface area contributed by atoms with Crippen LogP contribution >= 0.6 is 0 Å². The highest BCUT2D eigenvalue weighted by molar-refractivity contribution is 4.85. The number of rotatable bonds is 9. The second-order valence-corrected chi connectivity index (χ2v) is 9.01. The Hall–Kier alpha value is -0.120. The summed E-state index contributed by atoms with van der Waals surface area (Å²) in [6.07, 6.45) is 1.05. The fourth-order valence-corrected chi connectivity index (χ4v) is 2.84. The van der Waals surface area contributed by atoms with Crippen LogP contribution in [0.3, 0.4) is 0 Å². The molecule has 0 saturated carbocycles. The van der Waals surface area contributed by atoms with Crippen LogP contribution in [-0.2, 0) is 9.57 Å². The van der Waals surface area contributed by atoms with Gasteiger partial charge < -0.3 is 4.74 Å². The van der Waals surface area contributed by atoms with Gasteiger partial charge in [0.1, 0.15) is 0 Å². The summed E-state index contributed by atoms with van der Waals surface area (Å²) in [6, 6.07) is 0. The van der Waals surface area contributed by atoms with Gasteiger partial charge >= 0.3 is 0 Å². The highest BCUT2D eigenvalue weighted by Gasteiger charge is 2.34. The van der Waals surface area contributed by atoms with Crippen LogP contribution in [0, 0.1) is 17.3 Å². The van der Waals surface area contributed by atoms with E-state index in [4.69, 9.17) is 9.57 Å². The molecule has 128 valence electrons. The molecule has 1 atom stereocenters. The summed E-state index contributed by atoms with van der Waals surface area (Å²) >= 11 is 0. The Bertz CT molecular complexity index is 290. The van der Waals surface area contributed by atoms with Crippen LogP contribution in [0.25, 0.3) is 0 Å². The van der Waals surface area contributed by atoms with Crippen LogP contribution in [-0.4, -0.2) is 24.4 Å². The molecule has 1 unspecified atom stereocenters. The Morgan fingerprint density at radius 2 is 1.38 bits per heavy atom. The van der Waals surface area contributed by atoms with Crippen molar-refractivity contribution in [3.63, 3.8) is 0 Å². The second-order valence-electron chi connectivity index (χ2n) is 9.01. The Kier molecular flexibility index (Phi) is 7.89. The standard InChI is InChI=1S/C18H39NO2/c1-14(2)15(3)17(7,8)13-18(9,10)20-11-12-21-19-16(4,5)6/h14-15,19H,11-13H2,1-10H3. The molecular weight excluding hydrogens is 262 g/mol. The van der Waals surface area contributed by atoms with Gasteiger partial charge in [-0.2, -0.15) is 5.48 Å². The monoisotopic (exact) mass is 301 g/mol. The molecule has 1 N–H and O–H groups in total. The van der Waals surface area contributed by atoms with Crippen LogP contribution in [0.2, 0.25) is 0 Å². The first-order chi connectivity index (χ1) is 9.27. The molecule has 0 aromatic rings. The van der Waals surface area contributed by atoms with Crippen molar-refractivity contribution in [2.24, 2.45) is 17.3 Å². The fraction of sp³-hybridized carbons (Fsp3) is 1.00. The van der Waals surface area contributed by atoms with Gasteiger partial charge in [0.2, 0.25) is 0 Å². The molecule has 0 amide bonds. The van der Waals surface area contributed by atoms with Crippen LogP contribution < -0.4 is 5.48 Å². The third kappa shape index (κ3) is 9.49. The molecule has 21 heavy (non-hydrogen) atoms. The first kappa shape index (κ1) is 20.9. The minimum Gasteiger partial charge on any atom is -0.373 e. The molecule has 0 heterocycles. The highest BCUT2D eigenvalue weighted by Crippen LogP contribution is 2.40. The normalized spacial score (nSPS) is 15.6. The van der Waals surface area contributed by atoms with Gasteiger partial charge in [-0.15, -0.1) is 0 Å². The molecule has 0 fully saturated rings. The van der Waals surface area contributed by atoms with Crippen LogP contribution in [0.15, 0.2) is 0 Å². The molecule has 0 radical (unpaired) electrons. The van der Waals surface area contributed by atoms with Crippen molar-refractivity contribution in [2.75, 3.05) is 13.2 Å². The maximum absolute atomic E-state index is 6.04. The van der Waals surface area contributed by atoms with Gasteiger partial charge in [-0.3, -0.25) is 4.84 Å². The zero-order valence-electron chi connectivity index (χ0n) is 16.1. The van der Waals surface area contributed by atoms with E-state index in [2.05, 4.69) is 74.7 Å². The Balaban J connectivity index is 4.19. The van der Waals surface area contributed by atoms with E-state index in [1.165, 1.54) is 0 Å². The van der Waals surface area contributed by atoms with E-state index in [0.717, 1.165) is 6.42 Å². The Morgan fingerprint density at radius 3 is 1.81 bits per heavy atom. The van der Waals surface area contributed by atoms with E-state index in [-0.39, 0.29) is 16.6 Å². The van der Waals surface area contributed by atoms with Gasteiger partial charge in [0.05, 0.1) is 18.8 Å². The molecule has 0 aliphatic rings. The quantitative estimate of drug-likeness (QED) is 0.490. The number of nitrogens with one attached hydrogen (secondary N) is 1. The summed E-state index contributed by atoms with van der Waals surface area (Å²) in [5.41, 5.74) is 3.12. The van der Waals surface area contributed by atoms with Crippen molar-refractivity contribution in [3.8, 4) is 0 Å². The van der Waals surface area contributed by atoms with Crippen molar-refractivity contribution in [1.29, 1.82) is 0 Å². The lowest BCUT2D eigenvalue weighted by Gasteiger charge is -2.40. The van der Waals surface area contributed by atoms with Crippen molar-refractivity contribution in [1.82, 2.24) is 5.48 Å². The minimum absolute atomic E-state index is 0.0236. The molecule has 0 bridgehead atoms. The average Bonchev–Trinajstić information content (AvgIpc) is 2.23. The Morgan fingerprint density at radius 1 is 0.857 bits per heavy atom. The van der Waals surface area contributed by atoms with Gasteiger partial charge in [-0.05, 0) is 58.3 Å². The van der Waals surface area contributed by atoms with E-state index in [1.54, 1.807) is 0 Å². The minimum atomic E-state index is -0.127. The van der Waals surface area contributed by atoms with E-state index >= 15 is 0 Å². The number of hydroxylamine groups is 1. The molecule has 0 aliphatic carbocycles. The molecule has 0 aliphatic heterocycles. The fourth-order valence-electron chi connectivity index (χ4n) is 2.84. The summed E-state index contributed by atoms with van der Waals surface area (Å²) in [6.45, 7) is 23.4. The highest BCUT2D eigenvalue weighted by atomic mass is 16.7. The van der Waals surface area contributed by atoms with Crippen LogP contribution in [0.5, 0.6) is 0 Å². The molecule has 3 nitrogen and oxygen atoms in total. The molecule has 0 spiro atoms. The number of hydrogen-bond donors (Lipinski definition) is 1. The van der Waals surface area contributed by atoms with Gasteiger partial charge in [-0.1, -0.05) is 34.6 Å². The van der Waals surface area contributed by atoms with Crippen molar-refractivity contribution < 1.29 is 9.57 Å². The van der Waals surface area contributed by atoms with Gasteiger partial charge in [-0.25, -0.2) is 0 Å². The average molecular weight is 302 g/mol. The van der Waals surface area contributed by atoms with E-state index in [1.807, 2.05) is 0 Å². The maximum atomic E-state index is 6.04. The zero-order chi connectivity index (χ0) is 16.9. The summed E-state index contributed by atoms with van der Waals surface area (Å²) in [7, 11) is 0. The molecule has 0 rings (SSSR count). The van der Waals surface area contributed by atoms with E-state index in [9.17, 15) is 0 Å². The van der Waals surface area contributed by atoms with Gasteiger partial charge in [0.15, 0.2) is 0 Å². The lowest BCUT2D eigenvalue weighted by Crippen LogP contribution is -2.39. The van der Waals surface area contributed by atoms with Crippen molar-refractivity contribution in [2.45, 2.75) is 86.8 Å². The van der Waals surface area contributed by atoms with E-state index < -0.39 is 0 Å². The predicted molar refractivity (Wildman–Crippen MR) is 91.3 cm³/mol. The van der Waals surface area contributed by atoms with E-state index in [0.29, 0.717) is 25.0 Å². The maximum Gasteiger partial charge on any atom is 0.0916 e. The van der Waals surface area contributed by atoms with Crippen molar-refractivity contribution >= 4 is 0 Å². The molecule has 0 saturated heterocycles. The predicted octanol–water partition coefficient (Wildman–Crippen LogP) is 4.81. The third-order valence-corrected chi connectivity index (χ3v) is 4.17. The summed E-state index contributed by atoms with van der Waals surface area (Å²) in [4.78, 5) is 5.43. The van der Waals surface area contributed by atoms with Crippen LogP contribution in [0.1, 0.15) is 75.7 Å². The first-order valence-electron chi connectivity index (χ1n) is 8.30. The molecule has 3 heteroatoms. The zero-order valence-corrected chi connectivity index (χ0v) is 16.1. The SMILES string of the molecule is CC(C)C(C)C(C)(C)CC(C)(C)OCCONC(C)(C)C. The molecule has 0 aromatic heterocycles. The third-order valence-electron chi connectivity index (χ3n) is 4.17. The lowest BCUT2D eigenvalue weighted by atomic mass is 9.69. The molecular formula is C18H39NO2.